The van der Waals surface area contributed by atoms with Crippen LogP contribution >= 0.6 is 0 Å². The van der Waals surface area contributed by atoms with Crippen molar-refractivity contribution in [3.05, 3.63) is 65.2 Å². The summed E-state index contributed by atoms with van der Waals surface area (Å²) in [7, 11) is -2.09. The highest BCUT2D eigenvalue weighted by atomic mass is 32.2. The number of carbonyl (C=O) groups is 1. The first-order valence-corrected chi connectivity index (χ1v) is 9.88. The lowest BCUT2D eigenvalue weighted by molar-refractivity contribution is -0.140. The van der Waals surface area contributed by atoms with Crippen LogP contribution in [0, 0.1) is 0 Å². The van der Waals surface area contributed by atoms with E-state index in [1.54, 1.807) is 6.07 Å². The van der Waals surface area contributed by atoms with Gasteiger partial charge in [-0.05, 0) is 35.2 Å². The maximum absolute atomic E-state index is 11.2. The number of ether oxygens (including phenoxy) is 2. The van der Waals surface area contributed by atoms with Gasteiger partial charge in [0.1, 0.15) is 12.4 Å². The van der Waals surface area contributed by atoms with Gasteiger partial charge in [0.15, 0.2) is 0 Å². The highest BCUT2D eigenvalue weighted by molar-refractivity contribution is 7.85. The van der Waals surface area contributed by atoms with Crippen LogP contribution in [-0.2, 0) is 43.5 Å². The number of methoxy groups -OCH3 is 1. The van der Waals surface area contributed by atoms with Gasteiger partial charge in [0.05, 0.1) is 20.0 Å². The lowest BCUT2D eigenvalue weighted by Crippen LogP contribution is -2.03. The van der Waals surface area contributed by atoms with Crippen molar-refractivity contribution in [2.75, 3.05) is 13.4 Å². The fourth-order valence-electron chi connectivity index (χ4n) is 2.25. The average molecular weight is 378 g/mol. The SMILES string of the molecule is COC(=O)CCc1ccc(OCc2cccc(COS(C)(=O)=O)c2)cc1. The first-order chi connectivity index (χ1) is 12.4. The second kappa shape index (κ2) is 9.35. The molecule has 0 heterocycles. The van der Waals surface area contributed by atoms with E-state index >= 15 is 0 Å². The van der Waals surface area contributed by atoms with Gasteiger partial charge >= 0.3 is 5.97 Å². The molecule has 0 fully saturated rings. The van der Waals surface area contributed by atoms with E-state index in [0.717, 1.165) is 22.9 Å². The number of hydrogen-bond donors (Lipinski definition) is 0. The van der Waals surface area contributed by atoms with Gasteiger partial charge in [-0.15, -0.1) is 0 Å². The minimum Gasteiger partial charge on any atom is -0.489 e. The van der Waals surface area contributed by atoms with Crippen LogP contribution in [-0.4, -0.2) is 27.8 Å². The van der Waals surface area contributed by atoms with Crippen molar-refractivity contribution in [1.29, 1.82) is 0 Å². The zero-order chi connectivity index (χ0) is 19.0. The molecule has 2 aromatic rings. The third-order valence-corrected chi connectivity index (χ3v) is 4.15. The smallest absolute Gasteiger partial charge is 0.305 e. The van der Waals surface area contributed by atoms with E-state index in [1.165, 1.54) is 7.11 Å². The molecule has 7 heteroatoms. The van der Waals surface area contributed by atoms with Crippen LogP contribution in [0.4, 0.5) is 0 Å². The Morgan fingerprint density at radius 2 is 1.62 bits per heavy atom. The molecule has 0 saturated heterocycles. The van der Waals surface area contributed by atoms with Crippen LogP contribution in [0.25, 0.3) is 0 Å². The average Bonchev–Trinajstić information content (AvgIpc) is 2.63. The van der Waals surface area contributed by atoms with Crippen molar-refractivity contribution in [2.24, 2.45) is 0 Å². The molecule has 0 aliphatic heterocycles. The maximum atomic E-state index is 11.2. The summed E-state index contributed by atoms with van der Waals surface area (Å²) < 4.78 is 37.3. The van der Waals surface area contributed by atoms with Crippen LogP contribution in [0.2, 0.25) is 0 Å². The lowest BCUT2D eigenvalue weighted by Gasteiger charge is -2.09. The van der Waals surface area contributed by atoms with Gasteiger partial charge in [0.2, 0.25) is 0 Å². The molecule has 0 aliphatic rings. The number of carbonyl (C=O) groups excluding carboxylic acids is 1. The van der Waals surface area contributed by atoms with E-state index in [4.69, 9.17) is 8.92 Å². The first-order valence-electron chi connectivity index (χ1n) is 8.06. The summed E-state index contributed by atoms with van der Waals surface area (Å²) in [5.41, 5.74) is 2.70. The monoisotopic (exact) mass is 378 g/mol. The van der Waals surface area contributed by atoms with Gasteiger partial charge in [-0.2, -0.15) is 8.42 Å². The van der Waals surface area contributed by atoms with Crippen molar-refractivity contribution < 1.29 is 26.9 Å². The second-order valence-electron chi connectivity index (χ2n) is 5.80. The van der Waals surface area contributed by atoms with Gasteiger partial charge < -0.3 is 9.47 Å². The molecule has 0 bridgehead atoms. The predicted molar refractivity (Wildman–Crippen MR) is 97.2 cm³/mol. The Labute approximate surface area is 153 Å². The summed E-state index contributed by atoms with van der Waals surface area (Å²) in [5.74, 6) is 0.481. The summed E-state index contributed by atoms with van der Waals surface area (Å²) in [6.45, 7) is 0.357. The Bertz CT molecular complexity index is 827. The molecule has 0 atom stereocenters. The topological polar surface area (TPSA) is 78.9 Å². The van der Waals surface area contributed by atoms with Crippen molar-refractivity contribution in [3.8, 4) is 5.75 Å². The standard InChI is InChI=1S/C19H22O6S/c1-23-19(20)11-8-15-6-9-18(10-7-15)24-13-16-4-3-5-17(12-16)14-25-26(2,21)22/h3-7,9-10,12H,8,11,13-14H2,1-2H3. The molecule has 0 aliphatic carbocycles. The summed E-state index contributed by atoms with van der Waals surface area (Å²) in [6, 6.07) is 14.9. The molecule has 6 nitrogen and oxygen atoms in total. The van der Waals surface area contributed by atoms with E-state index in [9.17, 15) is 13.2 Å². The zero-order valence-electron chi connectivity index (χ0n) is 14.8. The van der Waals surface area contributed by atoms with Crippen LogP contribution in [0.3, 0.4) is 0 Å². The predicted octanol–water partition coefficient (Wildman–Crippen LogP) is 2.85. The Kier molecular flexibility index (Phi) is 7.17. The van der Waals surface area contributed by atoms with E-state index < -0.39 is 10.1 Å². The van der Waals surface area contributed by atoms with Gasteiger partial charge in [0, 0.05) is 6.42 Å². The Morgan fingerprint density at radius 3 is 2.23 bits per heavy atom. The minimum absolute atomic E-state index is 0.00155. The molecule has 0 N–H and O–H groups in total. The van der Waals surface area contributed by atoms with Gasteiger partial charge in [-0.3, -0.25) is 8.98 Å². The Hall–Kier alpha value is -2.38. The van der Waals surface area contributed by atoms with Crippen LogP contribution in [0.5, 0.6) is 5.75 Å². The van der Waals surface area contributed by atoms with Crippen LogP contribution in [0.15, 0.2) is 48.5 Å². The summed E-state index contributed by atoms with van der Waals surface area (Å²) >= 11 is 0. The Morgan fingerprint density at radius 1 is 0.962 bits per heavy atom. The molecule has 2 aromatic carbocycles. The van der Waals surface area contributed by atoms with E-state index in [0.29, 0.717) is 25.2 Å². The van der Waals surface area contributed by atoms with Gasteiger partial charge in [-0.25, -0.2) is 0 Å². The molecule has 0 aromatic heterocycles. The van der Waals surface area contributed by atoms with E-state index in [1.807, 2.05) is 42.5 Å². The molecule has 0 unspecified atom stereocenters. The molecular weight excluding hydrogens is 356 g/mol. The zero-order valence-corrected chi connectivity index (χ0v) is 15.6. The number of rotatable bonds is 9. The largest absolute Gasteiger partial charge is 0.489 e. The van der Waals surface area contributed by atoms with Crippen LogP contribution < -0.4 is 4.74 Å². The quantitative estimate of drug-likeness (QED) is 0.493. The number of aryl methyl sites for hydroxylation is 1. The molecule has 0 radical (unpaired) electrons. The summed E-state index contributed by atoms with van der Waals surface area (Å²) in [5, 5.41) is 0. The third kappa shape index (κ3) is 7.25. The molecule has 0 amide bonds. The molecular formula is C19H22O6S. The van der Waals surface area contributed by atoms with Crippen molar-refractivity contribution >= 4 is 16.1 Å². The molecule has 0 saturated carbocycles. The second-order valence-corrected chi connectivity index (χ2v) is 7.44. The van der Waals surface area contributed by atoms with Gasteiger partial charge in [-0.1, -0.05) is 36.4 Å². The molecule has 0 spiro atoms. The van der Waals surface area contributed by atoms with Gasteiger partial charge in [0.25, 0.3) is 10.1 Å². The van der Waals surface area contributed by atoms with Crippen molar-refractivity contribution in [1.82, 2.24) is 0 Å². The highest BCUT2D eigenvalue weighted by Crippen LogP contribution is 2.16. The van der Waals surface area contributed by atoms with Crippen molar-refractivity contribution in [2.45, 2.75) is 26.1 Å². The highest BCUT2D eigenvalue weighted by Gasteiger charge is 2.05. The van der Waals surface area contributed by atoms with Crippen molar-refractivity contribution in [3.63, 3.8) is 0 Å². The maximum Gasteiger partial charge on any atom is 0.305 e. The van der Waals surface area contributed by atoms with E-state index in [-0.39, 0.29) is 12.6 Å². The Balaban J connectivity index is 1.87. The summed E-state index contributed by atoms with van der Waals surface area (Å²) in [6.07, 6.45) is 1.99. The molecule has 140 valence electrons. The number of hydrogen-bond acceptors (Lipinski definition) is 6. The number of benzene rings is 2. The normalized spacial score (nSPS) is 11.2. The summed E-state index contributed by atoms with van der Waals surface area (Å²) in [4.78, 5) is 11.2. The van der Waals surface area contributed by atoms with E-state index in [2.05, 4.69) is 4.74 Å². The fourth-order valence-corrected chi connectivity index (χ4v) is 2.60. The first kappa shape index (κ1) is 19.9. The van der Waals surface area contributed by atoms with Crippen LogP contribution in [0.1, 0.15) is 23.1 Å². The lowest BCUT2D eigenvalue weighted by atomic mass is 10.1. The fraction of sp³-hybridized carbons (Fsp3) is 0.316. The number of esters is 1. The molecule has 26 heavy (non-hydrogen) atoms. The molecule has 2 rings (SSSR count). The third-order valence-electron chi connectivity index (χ3n) is 3.61. The minimum atomic E-state index is -3.47.